The van der Waals surface area contributed by atoms with Gasteiger partial charge in [0.2, 0.25) is 11.8 Å². The molecule has 9 heteroatoms. The summed E-state index contributed by atoms with van der Waals surface area (Å²) in [5, 5.41) is 17.5. The monoisotopic (exact) mass is 445 g/mol. The summed E-state index contributed by atoms with van der Waals surface area (Å²) in [6, 6.07) is 14.9. The van der Waals surface area contributed by atoms with Crippen molar-refractivity contribution >= 4 is 34.8 Å². The number of carbonyl (C=O) groups is 2. The zero-order valence-electron chi connectivity index (χ0n) is 18.5. The van der Waals surface area contributed by atoms with Crippen LogP contribution < -0.4 is 20.9 Å². The lowest BCUT2D eigenvalue weighted by Crippen LogP contribution is -2.38. The van der Waals surface area contributed by atoms with E-state index in [1.807, 2.05) is 30.5 Å². The van der Waals surface area contributed by atoms with Crippen molar-refractivity contribution < 1.29 is 9.59 Å². The Morgan fingerprint density at radius 1 is 0.970 bits per heavy atom. The third-order valence-corrected chi connectivity index (χ3v) is 5.51. The molecular formula is C24H27N7O2. The summed E-state index contributed by atoms with van der Waals surface area (Å²) in [7, 11) is 0. The molecule has 1 aliphatic rings. The van der Waals surface area contributed by atoms with E-state index >= 15 is 0 Å². The van der Waals surface area contributed by atoms with Gasteiger partial charge in [0.1, 0.15) is 5.82 Å². The molecule has 0 bridgehead atoms. The molecule has 2 aromatic heterocycles. The molecule has 0 atom stereocenters. The zero-order valence-corrected chi connectivity index (χ0v) is 18.5. The second-order valence-corrected chi connectivity index (χ2v) is 8.00. The first-order valence-corrected chi connectivity index (χ1v) is 11.0. The maximum Gasteiger partial charge on any atom is 0.227 e. The molecular weight excluding hydrogens is 418 g/mol. The van der Waals surface area contributed by atoms with E-state index in [0.29, 0.717) is 18.1 Å². The minimum Gasteiger partial charge on any atom is -0.364 e. The average molecular weight is 446 g/mol. The molecule has 33 heavy (non-hydrogen) atoms. The number of piperidine rings is 1. The van der Waals surface area contributed by atoms with Gasteiger partial charge in [-0.15, -0.1) is 10.2 Å². The Balaban J connectivity index is 1.24. The van der Waals surface area contributed by atoms with Crippen molar-refractivity contribution in [2.24, 2.45) is 5.92 Å². The molecule has 3 aromatic rings. The Labute approximate surface area is 192 Å². The summed E-state index contributed by atoms with van der Waals surface area (Å²) in [4.78, 5) is 30.0. The van der Waals surface area contributed by atoms with Crippen molar-refractivity contribution in [3.8, 4) is 0 Å². The Morgan fingerprint density at radius 3 is 2.30 bits per heavy atom. The fraction of sp³-hybridized carbons (Fsp3) is 0.292. The van der Waals surface area contributed by atoms with Crippen molar-refractivity contribution in [1.29, 1.82) is 0 Å². The molecule has 4 rings (SSSR count). The summed E-state index contributed by atoms with van der Waals surface area (Å²) in [5.74, 6) is 1.36. The van der Waals surface area contributed by atoms with Gasteiger partial charge in [0, 0.05) is 56.2 Å². The average Bonchev–Trinajstić information content (AvgIpc) is 2.85. The number of hydrogen-bond donors (Lipinski definition) is 3. The van der Waals surface area contributed by atoms with Crippen LogP contribution in [0.5, 0.6) is 0 Å². The van der Waals surface area contributed by atoms with Crippen molar-refractivity contribution in [3.63, 3.8) is 0 Å². The highest BCUT2D eigenvalue weighted by Gasteiger charge is 2.26. The predicted octanol–water partition coefficient (Wildman–Crippen LogP) is 3.30. The Kier molecular flexibility index (Phi) is 7.09. The minimum absolute atomic E-state index is 0.0166. The van der Waals surface area contributed by atoms with Gasteiger partial charge in [0.05, 0.1) is 0 Å². The summed E-state index contributed by atoms with van der Waals surface area (Å²) in [6.45, 7) is 3.59. The van der Waals surface area contributed by atoms with Crippen LogP contribution in [0.4, 0.5) is 23.0 Å². The fourth-order valence-electron chi connectivity index (χ4n) is 3.74. The van der Waals surface area contributed by atoms with Crippen LogP contribution in [0, 0.1) is 5.92 Å². The van der Waals surface area contributed by atoms with Gasteiger partial charge >= 0.3 is 0 Å². The molecule has 1 aliphatic heterocycles. The van der Waals surface area contributed by atoms with Gasteiger partial charge in [-0.1, -0.05) is 6.07 Å². The second kappa shape index (κ2) is 10.5. The Hall–Kier alpha value is -4.01. The number of carbonyl (C=O) groups excluding carboxylic acids is 2. The smallest absolute Gasteiger partial charge is 0.227 e. The summed E-state index contributed by atoms with van der Waals surface area (Å²) < 4.78 is 0. The fourth-order valence-corrected chi connectivity index (χ4v) is 3.74. The largest absolute Gasteiger partial charge is 0.364 e. The first-order valence-electron chi connectivity index (χ1n) is 11.0. The number of anilines is 4. The van der Waals surface area contributed by atoms with E-state index in [4.69, 9.17) is 0 Å². The maximum atomic E-state index is 12.7. The highest BCUT2D eigenvalue weighted by molar-refractivity contribution is 5.93. The molecule has 0 unspecified atom stereocenters. The van der Waals surface area contributed by atoms with Crippen LogP contribution in [0.1, 0.15) is 25.3 Å². The van der Waals surface area contributed by atoms with E-state index in [1.165, 1.54) is 6.92 Å². The Bertz CT molecular complexity index is 1060. The molecule has 9 nitrogen and oxygen atoms in total. The Morgan fingerprint density at radius 2 is 1.70 bits per heavy atom. The summed E-state index contributed by atoms with van der Waals surface area (Å²) in [5.41, 5.74) is 2.50. The number of rotatable bonds is 7. The molecule has 1 saturated heterocycles. The third kappa shape index (κ3) is 6.25. The molecule has 0 saturated carbocycles. The number of nitrogens with zero attached hydrogens (tertiary/aromatic N) is 4. The molecule has 3 N–H and O–H groups in total. The lowest BCUT2D eigenvalue weighted by atomic mass is 9.96. The van der Waals surface area contributed by atoms with E-state index < -0.39 is 0 Å². The highest BCUT2D eigenvalue weighted by Crippen LogP contribution is 2.24. The molecule has 2 amide bonds. The molecule has 1 fully saturated rings. The van der Waals surface area contributed by atoms with Gasteiger partial charge < -0.3 is 20.9 Å². The third-order valence-electron chi connectivity index (χ3n) is 5.51. The van der Waals surface area contributed by atoms with Crippen LogP contribution in [0.3, 0.4) is 0 Å². The zero-order chi connectivity index (χ0) is 23.0. The first kappa shape index (κ1) is 22.2. The van der Waals surface area contributed by atoms with Crippen LogP contribution >= 0.6 is 0 Å². The van der Waals surface area contributed by atoms with Gasteiger partial charge in [-0.2, -0.15) is 0 Å². The van der Waals surface area contributed by atoms with Crippen molar-refractivity contribution in [3.05, 3.63) is 66.5 Å². The van der Waals surface area contributed by atoms with Crippen LogP contribution in [0.25, 0.3) is 0 Å². The van der Waals surface area contributed by atoms with Gasteiger partial charge in [-0.3, -0.25) is 14.6 Å². The molecule has 170 valence electrons. The quantitative estimate of drug-likeness (QED) is 0.511. The maximum absolute atomic E-state index is 12.7. The SMILES string of the molecule is CC(=O)Nc1ccc(NC(=O)C2CCN(c3ccc(NCc4cccnc4)nn3)CC2)cc1. The number of pyridine rings is 1. The van der Waals surface area contributed by atoms with Crippen molar-refractivity contribution in [1.82, 2.24) is 15.2 Å². The first-order chi connectivity index (χ1) is 16.1. The van der Waals surface area contributed by atoms with E-state index in [-0.39, 0.29) is 17.7 Å². The minimum atomic E-state index is -0.126. The molecule has 0 spiro atoms. The lowest BCUT2D eigenvalue weighted by molar-refractivity contribution is -0.120. The number of aromatic nitrogens is 3. The summed E-state index contributed by atoms with van der Waals surface area (Å²) >= 11 is 0. The lowest BCUT2D eigenvalue weighted by Gasteiger charge is -2.31. The second-order valence-electron chi connectivity index (χ2n) is 8.00. The van der Waals surface area contributed by atoms with E-state index in [1.54, 1.807) is 30.5 Å². The van der Waals surface area contributed by atoms with E-state index in [2.05, 4.69) is 36.0 Å². The summed E-state index contributed by atoms with van der Waals surface area (Å²) in [6.07, 6.45) is 5.06. The number of nitrogens with one attached hydrogen (secondary N) is 3. The van der Waals surface area contributed by atoms with Crippen LogP contribution in [0.2, 0.25) is 0 Å². The molecule has 3 heterocycles. The molecule has 0 aliphatic carbocycles. The predicted molar refractivity (Wildman–Crippen MR) is 128 cm³/mol. The molecule has 1 aromatic carbocycles. The van der Waals surface area contributed by atoms with Gasteiger partial charge in [0.25, 0.3) is 0 Å². The topological polar surface area (TPSA) is 112 Å². The number of amides is 2. The van der Waals surface area contributed by atoms with Crippen LogP contribution in [0.15, 0.2) is 60.9 Å². The van der Waals surface area contributed by atoms with Gasteiger partial charge in [0.15, 0.2) is 5.82 Å². The highest BCUT2D eigenvalue weighted by atomic mass is 16.2. The van der Waals surface area contributed by atoms with Gasteiger partial charge in [-0.05, 0) is 60.9 Å². The number of benzene rings is 1. The normalized spacial score (nSPS) is 13.9. The van der Waals surface area contributed by atoms with E-state index in [9.17, 15) is 9.59 Å². The standard InChI is InChI=1S/C24H27N7O2/c1-17(32)27-20-4-6-21(7-5-20)28-24(33)19-10-13-31(14-11-19)23-9-8-22(29-30-23)26-16-18-3-2-12-25-15-18/h2-9,12,15,19H,10-11,13-14,16H2,1H3,(H,26,29)(H,27,32)(H,28,33). The van der Waals surface area contributed by atoms with E-state index in [0.717, 1.165) is 43.0 Å². The van der Waals surface area contributed by atoms with Crippen molar-refractivity contribution in [2.45, 2.75) is 26.3 Å². The van der Waals surface area contributed by atoms with Crippen LogP contribution in [-0.4, -0.2) is 40.1 Å². The van der Waals surface area contributed by atoms with Gasteiger partial charge in [-0.25, -0.2) is 0 Å². The molecule has 0 radical (unpaired) electrons. The van der Waals surface area contributed by atoms with Crippen LogP contribution in [-0.2, 0) is 16.1 Å². The number of hydrogen-bond acceptors (Lipinski definition) is 7. The van der Waals surface area contributed by atoms with Crippen molar-refractivity contribution in [2.75, 3.05) is 33.9 Å².